The van der Waals surface area contributed by atoms with Gasteiger partial charge in [-0.3, -0.25) is 9.15 Å². The first-order valence-electron chi connectivity index (χ1n) is 8.56. The van der Waals surface area contributed by atoms with Crippen molar-refractivity contribution in [3.63, 3.8) is 0 Å². The van der Waals surface area contributed by atoms with Gasteiger partial charge in [0.1, 0.15) is 0 Å². The normalized spacial score (nSPS) is 12.1. The first-order chi connectivity index (χ1) is 12.0. The van der Waals surface area contributed by atoms with Crippen molar-refractivity contribution < 1.29 is 9.15 Å². The molecular weight excluding hydrogens is 340 g/mol. The maximum Gasteiger partial charge on any atom is 0.329 e. The highest BCUT2D eigenvalue weighted by molar-refractivity contribution is 7.07. The van der Waals surface area contributed by atoms with Gasteiger partial charge < -0.3 is 0 Å². The van der Waals surface area contributed by atoms with Crippen LogP contribution in [0.5, 0.6) is 0 Å². The molecule has 0 radical (unpaired) electrons. The van der Waals surface area contributed by atoms with Crippen LogP contribution < -0.4 is 15.6 Å². The van der Waals surface area contributed by atoms with Crippen molar-refractivity contribution in [2.75, 3.05) is 0 Å². The molecule has 25 heavy (non-hydrogen) atoms. The molecule has 0 aromatic heterocycles. The summed E-state index contributed by atoms with van der Waals surface area (Å²) >= 11 is 0. The second-order valence-corrected chi connectivity index (χ2v) is 14.7. The van der Waals surface area contributed by atoms with E-state index in [1.165, 1.54) is 15.6 Å². The lowest BCUT2D eigenvalue weighted by Gasteiger charge is -2.34. The van der Waals surface area contributed by atoms with Crippen molar-refractivity contribution >= 4 is 32.2 Å². The van der Waals surface area contributed by atoms with Gasteiger partial charge in [-0.25, -0.2) is 0 Å². The van der Waals surface area contributed by atoms with E-state index in [-0.39, 0.29) is 0 Å². The second-order valence-electron chi connectivity index (χ2n) is 7.06. The third-order valence-corrected chi connectivity index (χ3v) is 8.48. The first kappa shape index (κ1) is 17.8. The van der Waals surface area contributed by atoms with Crippen LogP contribution in [0.1, 0.15) is 0 Å². The summed E-state index contributed by atoms with van der Waals surface area (Å²) < 4.78 is 12.5. The fourth-order valence-electron chi connectivity index (χ4n) is 2.85. The van der Waals surface area contributed by atoms with Gasteiger partial charge in [0.25, 0.3) is 0 Å². The molecule has 0 atom stereocenters. The maximum absolute atomic E-state index is 6.45. The SMILES string of the molecule is C[Si](C)(C)OO[Si](c1ccccc1)(c1ccccc1)c1ccccc1. The van der Waals surface area contributed by atoms with E-state index in [4.69, 9.17) is 9.15 Å². The van der Waals surface area contributed by atoms with Gasteiger partial charge in [-0.1, -0.05) is 91.0 Å². The average molecular weight is 365 g/mol. The van der Waals surface area contributed by atoms with Crippen LogP contribution >= 0.6 is 0 Å². The fraction of sp³-hybridized carbons (Fsp3) is 0.143. The topological polar surface area (TPSA) is 18.5 Å². The molecule has 0 aliphatic carbocycles. The Morgan fingerprint density at radius 1 is 0.480 bits per heavy atom. The van der Waals surface area contributed by atoms with Crippen LogP contribution in [0.4, 0.5) is 0 Å². The Kier molecular flexibility index (Phi) is 5.34. The summed E-state index contributed by atoms with van der Waals surface area (Å²) in [5.74, 6) is 0. The predicted octanol–water partition coefficient (Wildman–Crippen LogP) is 3.44. The van der Waals surface area contributed by atoms with Crippen LogP contribution in [-0.4, -0.2) is 16.6 Å². The Bertz CT molecular complexity index is 688. The van der Waals surface area contributed by atoms with Gasteiger partial charge in [-0.15, -0.1) is 0 Å². The summed E-state index contributed by atoms with van der Waals surface area (Å²) in [7, 11) is -4.57. The highest BCUT2D eigenvalue weighted by Crippen LogP contribution is 2.14. The number of hydrogen-bond acceptors (Lipinski definition) is 2. The molecule has 0 spiro atoms. The molecular formula is C21H24O2Si2. The Morgan fingerprint density at radius 2 is 0.800 bits per heavy atom. The van der Waals surface area contributed by atoms with Crippen molar-refractivity contribution in [2.45, 2.75) is 19.6 Å². The largest absolute Gasteiger partial charge is 0.329 e. The average Bonchev–Trinajstić information content (AvgIpc) is 2.64. The smallest absolute Gasteiger partial charge is 0.297 e. The van der Waals surface area contributed by atoms with Gasteiger partial charge in [-0.2, -0.15) is 0 Å². The lowest BCUT2D eigenvalue weighted by molar-refractivity contribution is -0.117. The van der Waals surface area contributed by atoms with E-state index in [9.17, 15) is 0 Å². The molecule has 0 saturated heterocycles. The molecule has 0 aliphatic rings. The van der Waals surface area contributed by atoms with Crippen molar-refractivity contribution in [1.82, 2.24) is 0 Å². The van der Waals surface area contributed by atoms with E-state index in [1.54, 1.807) is 0 Å². The van der Waals surface area contributed by atoms with Gasteiger partial charge >= 0.3 is 8.32 Å². The Balaban J connectivity index is 2.24. The van der Waals surface area contributed by atoms with Gasteiger partial charge in [0, 0.05) is 0 Å². The second kappa shape index (κ2) is 7.49. The predicted molar refractivity (Wildman–Crippen MR) is 109 cm³/mol. The maximum atomic E-state index is 6.45. The van der Waals surface area contributed by atoms with E-state index in [0.717, 1.165) is 0 Å². The highest BCUT2D eigenvalue weighted by Gasteiger charge is 2.44. The minimum Gasteiger partial charge on any atom is -0.297 e. The van der Waals surface area contributed by atoms with E-state index < -0.39 is 16.6 Å². The Labute approximate surface area is 152 Å². The first-order valence-corrected chi connectivity index (χ1v) is 13.9. The van der Waals surface area contributed by atoms with E-state index in [0.29, 0.717) is 0 Å². The van der Waals surface area contributed by atoms with Gasteiger partial charge in [0.15, 0.2) is 0 Å². The monoisotopic (exact) mass is 364 g/mol. The zero-order valence-corrected chi connectivity index (χ0v) is 17.0. The standard InChI is InChI=1S/C21H24O2Si2/c1-24(2,3)22-23-25(19-13-7-4-8-14-19,20-15-9-5-10-16-20)21-17-11-6-12-18-21/h4-18H,1-3H3. The summed E-state index contributed by atoms with van der Waals surface area (Å²) in [4.78, 5) is 0. The molecule has 0 unspecified atom stereocenters. The molecule has 2 nitrogen and oxygen atoms in total. The Morgan fingerprint density at radius 3 is 1.08 bits per heavy atom. The van der Waals surface area contributed by atoms with E-state index in [1.807, 2.05) is 18.2 Å². The zero-order valence-electron chi connectivity index (χ0n) is 15.0. The van der Waals surface area contributed by atoms with E-state index in [2.05, 4.69) is 92.4 Å². The van der Waals surface area contributed by atoms with Crippen LogP contribution in [0.15, 0.2) is 91.0 Å². The van der Waals surface area contributed by atoms with Gasteiger partial charge in [0.2, 0.25) is 8.32 Å². The molecule has 0 saturated carbocycles. The molecule has 0 bridgehead atoms. The molecule has 4 heteroatoms. The molecule has 0 aliphatic heterocycles. The molecule has 128 valence electrons. The number of hydrogen-bond donors (Lipinski definition) is 0. The molecule has 0 N–H and O–H groups in total. The molecule has 0 fully saturated rings. The molecule has 0 amide bonds. The highest BCUT2D eigenvalue weighted by atomic mass is 28.4. The minimum absolute atomic E-state index is 1.19. The van der Waals surface area contributed by atoms with Crippen molar-refractivity contribution in [2.24, 2.45) is 0 Å². The van der Waals surface area contributed by atoms with Crippen molar-refractivity contribution in [3.05, 3.63) is 91.0 Å². The van der Waals surface area contributed by atoms with Crippen molar-refractivity contribution in [3.8, 4) is 0 Å². The van der Waals surface area contributed by atoms with Gasteiger partial charge in [-0.05, 0) is 35.2 Å². The van der Waals surface area contributed by atoms with Gasteiger partial charge in [0.05, 0.1) is 0 Å². The summed E-state index contributed by atoms with van der Waals surface area (Å²) in [6.45, 7) is 6.44. The minimum atomic E-state index is -2.72. The summed E-state index contributed by atoms with van der Waals surface area (Å²) in [5, 5.41) is 3.56. The lowest BCUT2D eigenvalue weighted by Crippen LogP contribution is -2.69. The fourth-order valence-corrected chi connectivity index (χ4v) is 7.62. The van der Waals surface area contributed by atoms with E-state index >= 15 is 0 Å². The quantitative estimate of drug-likeness (QED) is 0.289. The number of rotatable bonds is 6. The summed E-state index contributed by atoms with van der Waals surface area (Å²) in [6, 6.07) is 31.5. The van der Waals surface area contributed by atoms with Crippen LogP contribution in [-0.2, 0) is 9.15 Å². The van der Waals surface area contributed by atoms with Crippen LogP contribution in [0.2, 0.25) is 19.6 Å². The number of benzene rings is 3. The zero-order chi connectivity index (χ0) is 17.8. The third kappa shape index (κ3) is 3.99. The van der Waals surface area contributed by atoms with Crippen LogP contribution in [0.3, 0.4) is 0 Å². The van der Waals surface area contributed by atoms with Crippen LogP contribution in [0, 0.1) is 0 Å². The summed E-state index contributed by atoms with van der Waals surface area (Å²) in [5.41, 5.74) is 0. The van der Waals surface area contributed by atoms with Crippen LogP contribution in [0.25, 0.3) is 0 Å². The molecule has 3 aromatic rings. The molecule has 3 aromatic carbocycles. The van der Waals surface area contributed by atoms with Crippen molar-refractivity contribution in [1.29, 1.82) is 0 Å². The Hall–Kier alpha value is -1.99. The summed E-state index contributed by atoms with van der Waals surface area (Å²) in [6.07, 6.45) is 0. The molecule has 3 rings (SSSR count). The molecule has 0 heterocycles. The third-order valence-electron chi connectivity index (χ3n) is 3.96. The lowest BCUT2D eigenvalue weighted by atomic mass is 10.3.